The minimum Gasteiger partial charge on any atom is -0.394 e. The summed E-state index contributed by atoms with van der Waals surface area (Å²) in [7, 11) is 0. The first kappa shape index (κ1) is 33.3. The van der Waals surface area contributed by atoms with E-state index in [1.165, 1.54) is 0 Å². The Morgan fingerprint density at radius 3 is 2.40 bits per heavy atom. The third-order valence-electron chi connectivity index (χ3n) is 9.77. The van der Waals surface area contributed by atoms with Gasteiger partial charge in [0.05, 0.1) is 29.2 Å². The summed E-state index contributed by atoms with van der Waals surface area (Å²) in [6.07, 6.45) is 6.62. The van der Waals surface area contributed by atoms with Crippen LogP contribution in [0.2, 0.25) is 0 Å². The Hall–Kier alpha value is -2.58. The highest BCUT2D eigenvalue weighted by Crippen LogP contribution is 2.69. The number of fused-ring (bicyclic) bond motifs is 1. The number of likely N-dealkylation sites (tertiary alicyclic amines) is 1. The van der Waals surface area contributed by atoms with E-state index in [1.54, 1.807) is 28.8 Å². The van der Waals surface area contributed by atoms with Gasteiger partial charge in [-0.15, -0.1) is 24.9 Å². The Labute approximate surface area is 262 Å². The predicted molar refractivity (Wildman–Crippen MR) is 174 cm³/mol. The molecule has 1 N–H and O–H groups in total. The molecule has 8 heteroatoms. The summed E-state index contributed by atoms with van der Waals surface area (Å²) in [6, 6.07) is 8.62. The number of amides is 3. The molecule has 3 aliphatic heterocycles. The van der Waals surface area contributed by atoms with Crippen molar-refractivity contribution < 1.29 is 19.5 Å². The van der Waals surface area contributed by atoms with Crippen molar-refractivity contribution in [3.8, 4) is 0 Å². The molecule has 1 spiro atoms. The van der Waals surface area contributed by atoms with Gasteiger partial charge in [-0.05, 0) is 43.6 Å². The monoisotopic (exact) mass is 609 g/mol. The van der Waals surface area contributed by atoms with E-state index in [1.807, 2.05) is 40.1 Å². The van der Waals surface area contributed by atoms with Crippen LogP contribution < -0.4 is 0 Å². The van der Waals surface area contributed by atoms with Gasteiger partial charge in [-0.3, -0.25) is 14.4 Å². The molecule has 2 bridgehead atoms. The van der Waals surface area contributed by atoms with Crippen LogP contribution >= 0.6 is 11.8 Å². The molecule has 3 fully saturated rings. The first-order valence-corrected chi connectivity index (χ1v) is 16.9. The molecule has 4 unspecified atom stereocenters. The second-order valence-electron chi connectivity index (χ2n) is 13.2. The second kappa shape index (κ2) is 14.0. The van der Waals surface area contributed by atoms with Gasteiger partial charge in [0.25, 0.3) is 0 Å². The SMILES string of the molecule is C=CCN(Cc1ccccc1)C(=O)[C@@H]1[C@H]2C(=O)N([C@@H](CO)CC(C)C)C(C(=O)N(CC=C)C(C)CCC)C23S[C@@H]1CC3C. The average molecular weight is 610 g/mol. The Kier molecular flexibility index (Phi) is 10.9. The second-order valence-corrected chi connectivity index (χ2v) is 14.7. The largest absolute Gasteiger partial charge is 0.394 e. The average Bonchev–Trinajstić information content (AvgIpc) is 3.57. The summed E-state index contributed by atoms with van der Waals surface area (Å²) in [4.78, 5) is 49.5. The first-order chi connectivity index (χ1) is 20.6. The van der Waals surface area contributed by atoms with Crippen molar-refractivity contribution in [2.75, 3.05) is 19.7 Å². The Bertz CT molecular complexity index is 1170. The van der Waals surface area contributed by atoms with Crippen LogP contribution in [-0.4, -0.2) is 85.3 Å². The lowest BCUT2D eigenvalue weighted by molar-refractivity contribution is -0.148. The minimum absolute atomic E-state index is 0.0223. The summed E-state index contributed by atoms with van der Waals surface area (Å²) in [5, 5.41) is 10.6. The van der Waals surface area contributed by atoms with Gasteiger partial charge >= 0.3 is 0 Å². The van der Waals surface area contributed by atoms with Crippen LogP contribution in [0.1, 0.15) is 65.9 Å². The van der Waals surface area contributed by atoms with E-state index in [4.69, 9.17) is 0 Å². The topological polar surface area (TPSA) is 81.2 Å². The summed E-state index contributed by atoms with van der Waals surface area (Å²) >= 11 is 1.70. The summed E-state index contributed by atoms with van der Waals surface area (Å²) in [6.45, 7) is 19.3. The van der Waals surface area contributed by atoms with Crippen molar-refractivity contribution in [1.29, 1.82) is 0 Å². The van der Waals surface area contributed by atoms with Gasteiger partial charge in [0, 0.05) is 30.9 Å². The highest BCUT2D eigenvalue weighted by molar-refractivity contribution is 8.02. The van der Waals surface area contributed by atoms with Crippen molar-refractivity contribution in [2.45, 2.75) is 95.0 Å². The molecular weight excluding hydrogens is 558 g/mol. The summed E-state index contributed by atoms with van der Waals surface area (Å²) in [5.74, 6) is -1.16. The molecule has 236 valence electrons. The molecule has 1 aromatic rings. The maximum Gasteiger partial charge on any atom is 0.247 e. The van der Waals surface area contributed by atoms with E-state index >= 15 is 0 Å². The van der Waals surface area contributed by atoms with Gasteiger partial charge < -0.3 is 19.8 Å². The Balaban J connectivity index is 1.80. The van der Waals surface area contributed by atoms with Crippen molar-refractivity contribution in [3.63, 3.8) is 0 Å². The lowest BCUT2D eigenvalue weighted by Crippen LogP contribution is -2.60. The first-order valence-electron chi connectivity index (χ1n) is 16.0. The lowest BCUT2D eigenvalue weighted by Gasteiger charge is -2.43. The predicted octanol–water partition coefficient (Wildman–Crippen LogP) is 5.15. The van der Waals surface area contributed by atoms with Gasteiger partial charge in [-0.2, -0.15) is 0 Å². The van der Waals surface area contributed by atoms with Gasteiger partial charge in [0.2, 0.25) is 17.7 Å². The number of benzene rings is 1. The fourth-order valence-corrected chi connectivity index (χ4v) is 10.4. The molecule has 3 aliphatic rings. The molecule has 4 rings (SSSR count). The molecule has 3 saturated heterocycles. The van der Waals surface area contributed by atoms with Crippen LogP contribution in [0.4, 0.5) is 0 Å². The molecule has 1 aromatic carbocycles. The molecular formula is C35H51N3O4S. The van der Waals surface area contributed by atoms with Crippen LogP contribution in [0, 0.1) is 23.7 Å². The fourth-order valence-electron chi connectivity index (χ4n) is 7.99. The molecule has 0 aliphatic carbocycles. The minimum atomic E-state index is -0.745. The standard InChI is InChI=1S/C35H51N3O4S/c1-8-14-25(7)37(18-10-3)34(42)31-35-24(6)20-28(43-35)29(30(35)33(41)38(31)27(22-39)19-23(4)5)32(40)36(17-9-2)21-26-15-12-11-13-16-26/h9-13,15-16,23-25,27-31,39H,2-3,8,14,17-22H2,1,4-7H3/t24?,25?,27-,28-,29+,30+,31?,35?/m1/s1. The molecule has 0 aromatic heterocycles. The zero-order valence-electron chi connectivity index (χ0n) is 26.7. The third kappa shape index (κ3) is 6.06. The third-order valence-corrected chi connectivity index (χ3v) is 11.9. The number of rotatable bonds is 15. The number of carbonyl (C=O) groups is 3. The van der Waals surface area contributed by atoms with Gasteiger partial charge in [0.1, 0.15) is 6.04 Å². The lowest BCUT2D eigenvalue weighted by atomic mass is 9.65. The van der Waals surface area contributed by atoms with Crippen molar-refractivity contribution in [1.82, 2.24) is 14.7 Å². The van der Waals surface area contributed by atoms with E-state index in [-0.39, 0.29) is 47.5 Å². The molecule has 8 atom stereocenters. The Morgan fingerprint density at radius 2 is 1.81 bits per heavy atom. The molecule has 7 nitrogen and oxygen atoms in total. The number of nitrogens with zero attached hydrogens (tertiary/aromatic N) is 3. The van der Waals surface area contributed by atoms with Crippen molar-refractivity contribution in [2.24, 2.45) is 23.7 Å². The van der Waals surface area contributed by atoms with Gasteiger partial charge in [-0.1, -0.05) is 76.6 Å². The highest BCUT2D eigenvalue weighted by atomic mass is 32.2. The fraction of sp³-hybridized carbons (Fsp3) is 0.629. The molecule has 3 amide bonds. The van der Waals surface area contributed by atoms with Crippen LogP contribution in [0.15, 0.2) is 55.6 Å². The molecule has 43 heavy (non-hydrogen) atoms. The zero-order valence-corrected chi connectivity index (χ0v) is 27.5. The van der Waals surface area contributed by atoms with Crippen LogP contribution in [0.25, 0.3) is 0 Å². The number of thioether (sulfide) groups is 1. The maximum absolute atomic E-state index is 14.8. The van der Waals surface area contributed by atoms with Crippen molar-refractivity contribution >= 4 is 29.5 Å². The zero-order chi connectivity index (χ0) is 31.5. The van der Waals surface area contributed by atoms with Gasteiger partial charge in [-0.25, -0.2) is 0 Å². The maximum atomic E-state index is 14.8. The molecule has 0 radical (unpaired) electrons. The Morgan fingerprint density at radius 1 is 1.14 bits per heavy atom. The van der Waals surface area contributed by atoms with E-state index in [9.17, 15) is 19.5 Å². The number of hydrogen-bond acceptors (Lipinski definition) is 5. The smallest absolute Gasteiger partial charge is 0.247 e. The number of hydrogen-bond donors (Lipinski definition) is 1. The number of aliphatic hydroxyl groups excluding tert-OH is 1. The van der Waals surface area contributed by atoms with Crippen LogP contribution in [0.5, 0.6) is 0 Å². The van der Waals surface area contributed by atoms with E-state index in [0.29, 0.717) is 26.1 Å². The van der Waals surface area contributed by atoms with Crippen LogP contribution in [-0.2, 0) is 20.9 Å². The normalized spacial score (nSPS) is 29.0. The van der Waals surface area contributed by atoms with E-state index < -0.39 is 28.7 Å². The van der Waals surface area contributed by atoms with E-state index in [0.717, 1.165) is 24.8 Å². The van der Waals surface area contributed by atoms with Crippen LogP contribution in [0.3, 0.4) is 0 Å². The molecule has 3 heterocycles. The number of carbonyl (C=O) groups excluding carboxylic acids is 3. The highest BCUT2D eigenvalue weighted by Gasteiger charge is 2.77. The number of aliphatic hydroxyl groups is 1. The quantitative estimate of drug-likeness (QED) is 0.278. The van der Waals surface area contributed by atoms with E-state index in [2.05, 4.69) is 47.8 Å². The summed E-state index contributed by atoms with van der Waals surface area (Å²) < 4.78 is -0.735. The van der Waals surface area contributed by atoms with Crippen molar-refractivity contribution in [3.05, 3.63) is 61.2 Å². The van der Waals surface area contributed by atoms with Gasteiger partial charge in [0.15, 0.2) is 0 Å². The molecule has 0 saturated carbocycles. The summed E-state index contributed by atoms with van der Waals surface area (Å²) in [5.41, 5.74) is 1.02.